The molecule has 10 heavy (non-hydrogen) atoms. The molecule has 0 fully saturated rings. The molecule has 0 aliphatic rings. The molecule has 0 radical (unpaired) electrons. The van der Waals surface area contributed by atoms with E-state index in [1.54, 1.807) is 11.8 Å². The van der Waals surface area contributed by atoms with Crippen LogP contribution < -0.4 is 0 Å². The van der Waals surface area contributed by atoms with E-state index in [1.807, 2.05) is 11.8 Å². The van der Waals surface area contributed by atoms with Crippen molar-refractivity contribution in [3.63, 3.8) is 0 Å². The van der Waals surface area contributed by atoms with Gasteiger partial charge in [-0.2, -0.15) is 23.5 Å². The van der Waals surface area contributed by atoms with Gasteiger partial charge in [-0.15, -0.1) is 0 Å². The Labute approximate surface area is 71.3 Å². The molecule has 1 unspecified atom stereocenters. The second kappa shape index (κ2) is 7.48. The Bertz CT molecular complexity index is 85.7. The number of carbonyl (C=O) groups excluding carboxylic acids is 1. The van der Waals surface area contributed by atoms with Crippen LogP contribution in [-0.4, -0.2) is 28.8 Å². The number of aldehydes is 1. The van der Waals surface area contributed by atoms with Crippen LogP contribution in [0, 0.1) is 0 Å². The Hall–Kier alpha value is 0.370. The summed E-state index contributed by atoms with van der Waals surface area (Å²) in [5, 5.41) is 0.218. The molecule has 0 amide bonds. The zero-order valence-corrected chi connectivity index (χ0v) is 8.13. The number of hydrogen-bond donors (Lipinski definition) is 0. The fourth-order valence-electron chi connectivity index (χ4n) is 0.575. The molecular weight excluding hydrogens is 164 g/mol. The van der Waals surface area contributed by atoms with Crippen LogP contribution in [0.5, 0.6) is 0 Å². The second-order valence-electron chi connectivity index (χ2n) is 1.79. The Morgan fingerprint density at radius 3 is 2.50 bits per heavy atom. The van der Waals surface area contributed by atoms with Gasteiger partial charge >= 0.3 is 0 Å². The molecule has 0 aromatic carbocycles. The maximum atomic E-state index is 10.4. The summed E-state index contributed by atoms with van der Waals surface area (Å²) in [6.45, 7) is 4.20. The van der Waals surface area contributed by atoms with E-state index in [0.717, 1.165) is 23.5 Å². The van der Waals surface area contributed by atoms with E-state index in [1.165, 1.54) is 0 Å². The maximum absolute atomic E-state index is 10.4. The lowest BCUT2D eigenvalue weighted by Crippen LogP contribution is -2.07. The van der Waals surface area contributed by atoms with Gasteiger partial charge in [0.05, 0.1) is 5.25 Å². The van der Waals surface area contributed by atoms with Crippen LogP contribution >= 0.6 is 23.5 Å². The largest absolute Gasteiger partial charge is 0.302 e. The van der Waals surface area contributed by atoms with Crippen molar-refractivity contribution in [3.05, 3.63) is 0 Å². The van der Waals surface area contributed by atoms with E-state index in [9.17, 15) is 4.79 Å². The van der Waals surface area contributed by atoms with Crippen molar-refractivity contribution in [2.24, 2.45) is 0 Å². The Balaban J connectivity index is 3.29. The minimum absolute atomic E-state index is 0.218. The van der Waals surface area contributed by atoms with Crippen molar-refractivity contribution >= 4 is 29.8 Å². The zero-order chi connectivity index (χ0) is 7.82. The smallest absolute Gasteiger partial charge is 0.133 e. The molecule has 0 N–H and O–H groups in total. The van der Waals surface area contributed by atoms with Crippen LogP contribution in [0.25, 0.3) is 0 Å². The third-order valence-electron chi connectivity index (χ3n) is 1.02. The van der Waals surface area contributed by atoms with Crippen LogP contribution in [0.4, 0.5) is 0 Å². The third-order valence-corrected chi connectivity index (χ3v) is 3.27. The average molecular weight is 178 g/mol. The molecular formula is C7H14OS2. The number of hydrogen-bond acceptors (Lipinski definition) is 3. The van der Waals surface area contributed by atoms with Gasteiger partial charge in [-0.25, -0.2) is 0 Å². The van der Waals surface area contributed by atoms with Crippen molar-refractivity contribution in [1.82, 2.24) is 0 Å². The highest BCUT2D eigenvalue weighted by atomic mass is 32.2. The summed E-state index contributed by atoms with van der Waals surface area (Å²) >= 11 is 3.56. The molecule has 0 bridgehead atoms. The quantitative estimate of drug-likeness (QED) is 0.580. The lowest BCUT2D eigenvalue weighted by Gasteiger charge is -2.05. The van der Waals surface area contributed by atoms with Crippen LogP contribution in [0.1, 0.15) is 13.8 Å². The number of rotatable bonds is 6. The lowest BCUT2D eigenvalue weighted by atomic mass is 10.5. The van der Waals surface area contributed by atoms with E-state index < -0.39 is 0 Å². The molecule has 0 aromatic heterocycles. The molecule has 0 saturated heterocycles. The summed E-state index contributed by atoms with van der Waals surface area (Å²) in [7, 11) is 0. The molecule has 1 atom stereocenters. The molecule has 0 heterocycles. The van der Waals surface area contributed by atoms with Crippen molar-refractivity contribution in [2.45, 2.75) is 19.1 Å². The van der Waals surface area contributed by atoms with Gasteiger partial charge in [0, 0.05) is 5.75 Å². The van der Waals surface area contributed by atoms with Gasteiger partial charge in [0.25, 0.3) is 0 Å². The molecule has 1 nitrogen and oxygen atoms in total. The topological polar surface area (TPSA) is 17.1 Å². The van der Waals surface area contributed by atoms with E-state index in [2.05, 4.69) is 13.8 Å². The van der Waals surface area contributed by atoms with Gasteiger partial charge in [-0.1, -0.05) is 13.8 Å². The van der Waals surface area contributed by atoms with E-state index >= 15 is 0 Å². The maximum Gasteiger partial charge on any atom is 0.133 e. The summed E-state index contributed by atoms with van der Waals surface area (Å²) in [6.07, 6.45) is 1.05. The van der Waals surface area contributed by atoms with E-state index in [0.29, 0.717) is 0 Å². The molecule has 0 aliphatic carbocycles. The summed E-state index contributed by atoms with van der Waals surface area (Å²) in [5.74, 6) is 3.11. The minimum Gasteiger partial charge on any atom is -0.302 e. The molecule has 0 saturated carbocycles. The molecule has 0 aromatic rings. The normalized spacial score (nSPS) is 13.0. The molecule has 60 valence electrons. The van der Waals surface area contributed by atoms with Crippen molar-refractivity contribution < 1.29 is 4.79 Å². The average Bonchev–Trinajstić information content (AvgIpc) is 1.98. The van der Waals surface area contributed by atoms with Crippen LogP contribution in [0.3, 0.4) is 0 Å². The van der Waals surface area contributed by atoms with Gasteiger partial charge < -0.3 is 4.79 Å². The van der Waals surface area contributed by atoms with Crippen LogP contribution in [-0.2, 0) is 4.79 Å². The second-order valence-corrected chi connectivity index (χ2v) is 4.62. The monoisotopic (exact) mass is 178 g/mol. The first-order valence-corrected chi connectivity index (χ1v) is 5.70. The summed E-state index contributed by atoms with van der Waals surface area (Å²) in [6, 6.07) is 0. The predicted molar refractivity (Wildman–Crippen MR) is 51.0 cm³/mol. The molecule has 0 aliphatic heterocycles. The summed E-state index contributed by atoms with van der Waals surface area (Å²) in [5.41, 5.74) is 0. The lowest BCUT2D eigenvalue weighted by molar-refractivity contribution is -0.107. The first-order valence-electron chi connectivity index (χ1n) is 3.49. The summed E-state index contributed by atoms with van der Waals surface area (Å²) < 4.78 is 0. The SMILES string of the molecule is CCSCC(C=O)SCC. The van der Waals surface area contributed by atoms with Gasteiger partial charge in [-0.05, 0) is 11.5 Å². The third kappa shape index (κ3) is 5.18. The van der Waals surface area contributed by atoms with Gasteiger partial charge in [0.15, 0.2) is 0 Å². The van der Waals surface area contributed by atoms with Gasteiger partial charge in [-0.3, -0.25) is 0 Å². The molecule has 0 rings (SSSR count). The Kier molecular flexibility index (Phi) is 7.75. The minimum atomic E-state index is 0.218. The Morgan fingerprint density at radius 1 is 1.40 bits per heavy atom. The fourth-order valence-corrected chi connectivity index (χ4v) is 2.30. The van der Waals surface area contributed by atoms with E-state index in [-0.39, 0.29) is 5.25 Å². The standard InChI is InChI=1S/C7H14OS2/c1-3-9-6-7(5-8)10-4-2/h5,7H,3-4,6H2,1-2H3. The Morgan fingerprint density at radius 2 is 2.10 bits per heavy atom. The van der Waals surface area contributed by atoms with Gasteiger partial charge in [0.2, 0.25) is 0 Å². The number of thioether (sulfide) groups is 2. The predicted octanol–water partition coefficient (Wildman–Crippen LogP) is 2.06. The van der Waals surface area contributed by atoms with Crippen molar-refractivity contribution in [3.8, 4) is 0 Å². The highest BCUT2D eigenvalue weighted by molar-refractivity contribution is 8.03. The van der Waals surface area contributed by atoms with E-state index in [4.69, 9.17) is 0 Å². The zero-order valence-electron chi connectivity index (χ0n) is 6.50. The highest BCUT2D eigenvalue weighted by Crippen LogP contribution is 2.13. The first kappa shape index (κ1) is 10.4. The summed E-state index contributed by atoms with van der Waals surface area (Å²) in [4.78, 5) is 10.4. The van der Waals surface area contributed by atoms with Crippen LogP contribution in [0.2, 0.25) is 0 Å². The van der Waals surface area contributed by atoms with Crippen molar-refractivity contribution in [2.75, 3.05) is 17.3 Å². The molecule has 3 heteroatoms. The first-order chi connectivity index (χ1) is 4.85. The van der Waals surface area contributed by atoms with Crippen molar-refractivity contribution in [1.29, 1.82) is 0 Å². The van der Waals surface area contributed by atoms with Crippen LogP contribution in [0.15, 0.2) is 0 Å². The number of carbonyl (C=O) groups is 1. The highest BCUT2D eigenvalue weighted by Gasteiger charge is 2.04. The van der Waals surface area contributed by atoms with Gasteiger partial charge in [0.1, 0.15) is 6.29 Å². The molecule has 0 spiro atoms. The fraction of sp³-hybridized carbons (Fsp3) is 0.857.